The molecule has 0 radical (unpaired) electrons. The number of amides is 1. The molecule has 0 aliphatic carbocycles. The van der Waals surface area contributed by atoms with Crippen molar-refractivity contribution >= 4 is 62.0 Å². The Kier molecular flexibility index (Phi) is 4.41. The van der Waals surface area contributed by atoms with Gasteiger partial charge < -0.3 is 4.57 Å². The lowest BCUT2D eigenvalue weighted by Gasteiger charge is -2.00. The van der Waals surface area contributed by atoms with Gasteiger partial charge in [0.1, 0.15) is 4.34 Å². The molecule has 1 amide bonds. The number of carbonyl (C=O) groups excluding carboxylic acids is 1. The molecule has 3 nitrogen and oxygen atoms in total. The van der Waals surface area contributed by atoms with Gasteiger partial charge in [-0.2, -0.15) is 4.99 Å². The SMILES string of the molecule is CCn1c(=NC(=O)c2cc(Cl)sc2Cl)sc2cc(C)ccc21. The molecule has 22 heavy (non-hydrogen) atoms. The summed E-state index contributed by atoms with van der Waals surface area (Å²) in [6.07, 6.45) is 0. The van der Waals surface area contributed by atoms with Crippen molar-refractivity contribution in [1.29, 1.82) is 0 Å². The van der Waals surface area contributed by atoms with E-state index in [0.717, 1.165) is 16.8 Å². The van der Waals surface area contributed by atoms with Crippen molar-refractivity contribution in [2.45, 2.75) is 20.4 Å². The van der Waals surface area contributed by atoms with E-state index >= 15 is 0 Å². The Morgan fingerprint density at radius 3 is 2.68 bits per heavy atom. The fourth-order valence-corrected chi connectivity index (χ4v) is 4.84. The third-order valence-corrected chi connectivity index (χ3v) is 5.77. The summed E-state index contributed by atoms with van der Waals surface area (Å²) in [5.41, 5.74) is 2.62. The number of thiophene rings is 1. The molecule has 0 fully saturated rings. The summed E-state index contributed by atoms with van der Waals surface area (Å²) in [5, 5.41) is 0. The molecular formula is C15H12Cl2N2OS2. The first kappa shape index (κ1) is 15.7. The Hall–Kier alpha value is -1.14. The van der Waals surface area contributed by atoms with Gasteiger partial charge in [-0.05, 0) is 37.6 Å². The van der Waals surface area contributed by atoms with Crippen molar-refractivity contribution in [3.05, 3.63) is 48.9 Å². The summed E-state index contributed by atoms with van der Waals surface area (Å²) < 4.78 is 4.00. The van der Waals surface area contributed by atoms with Crippen molar-refractivity contribution in [1.82, 2.24) is 4.57 Å². The zero-order chi connectivity index (χ0) is 15.9. The largest absolute Gasteiger partial charge is 0.317 e. The third-order valence-electron chi connectivity index (χ3n) is 3.24. The van der Waals surface area contributed by atoms with Crippen molar-refractivity contribution < 1.29 is 4.79 Å². The van der Waals surface area contributed by atoms with E-state index < -0.39 is 0 Å². The maximum absolute atomic E-state index is 12.4. The molecule has 114 valence electrons. The highest BCUT2D eigenvalue weighted by atomic mass is 35.5. The average Bonchev–Trinajstić information content (AvgIpc) is 2.97. The maximum Gasteiger partial charge on any atom is 0.282 e. The van der Waals surface area contributed by atoms with Gasteiger partial charge >= 0.3 is 0 Å². The highest BCUT2D eigenvalue weighted by Crippen LogP contribution is 2.31. The minimum atomic E-state index is -0.362. The average molecular weight is 371 g/mol. The number of rotatable bonds is 2. The van der Waals surface area contributed by atoms with Crippen molar-refractivity contribution in [2.24, 2.45) is 4.99 Å². The summed E-state index contributed by atoms with van der Waals surface area (Å²) in [4.78, 5) is 17.3. The van der Waals surface area contributed by atoms with Gasteiger partial charge in [-0.25, -0.2) is 0 Å². The summed E-state index contributed by atoms with van der Waals surface area (Å²) in [6.45, 7) is 4.82. The van der Waals surface area contributed by atoms with Crippen LogP contribution in [0.2, 0.25) is 8.67 Å². The Morgan fingerprint density at radius 2 is 2.05 bits per heavy atom. The van der Waals surface area contributed by atoms with E-state index in [-0.39, 0.29) is 5.91 Å². The molecule has 3 aromatic rings. The van der Waals surface area contributed by atoms with E-state index in [9.17, 15) is 4.79 Å². The smallest absolute Gasteiger partial charge is 0.282 e. The number of thiazole rings is 1. The first-order chi connectivity index (χ1) is 10.5. The number of nitrogens with zero attached hydrogens (tertiary/aromatic N) is 2. The fourth-order valence-electron chi connectivity index (χ4n) is 2.20. The van der Waals surface area contributed by atoms with E-state index in [0.29, 0.717) is 19.0 Å². The van der Waals surface area contributed by atoms with Gasteiger partial charge in [0, 0.05) is 6.54 Å². The standard InChI is InChI=1S/C15H12Cl2N2OS2/c1-3-19-10-5-4-8(2)6-11(10)21-15(19)18-14(20)9-7-12(16)22-13(9)17/h4-7H,3H2,1-2H3. The maximum atomic E-state index is 12.4. The van der Waals surface area contributed by atoms with Gasteiger partial charge in [0.25, 0.3) is 5.91 Å². The molecule has 0 N–H and O–H groups in total. The molecule has 3 rings (SSSR count). The van der Waals surface area contributed by atoms with Gasteiger partial charge in [0.05, 0.1) is 20.1 Å². The number of halogens is 2. The van der Waals surface area contributed by atoms with Gasteiger partial charge in [-0.1, -0.05) is 40.6 Å². The van der Waals surface area contributed by atoms with Crippen LogP contribution in [0, 0.1) is 6.92 Å². The van der Waals surface area contributed by atoms with Crippen molar-refractivity contribution in [3.63, 3.8) is 0 Å². The van der Waals surface area contributed by atoms with Gasteiger partial charge in [0.2, 0.25) is 0 Å². The number of benzene rings is 1. The van der Waals surface area contributed by atoms with Crippen LogP contribution in [0.1, 0.15) is 22.8 Å². The van der Waals surface area contributed by atoms with Crippen LogP contribution in [0.15, 0.2) is 29.3 Å². The molecule has 7 heteroatoms. The number of hydrogen-bond acceptors (Lipinski definition) is 3. The minimum Gasteiger partial charge on any atom is -0.317 e. The molecule has 0 aliphatic heterocycles. The number of aromatic nitrogens is 1. The van der Waals surface area contributed by atoms with E-state index in [1.165, 1.54) is 28.2 Å². The predicted octanol–water partition coefficient (Wildman–Crippen LogP) is 5.14. The molecule has 0 bridgehead atoms. The molecule has 2 heterocycles. The molecular weight excluding hydrogens is 359 g/mol. The Labute approximate surface area is 145 Å². The first-order valence-corrected chi connectivity index (χ1v) is 9.02. The summed E-state index contributed by atoms with van der Waals surface area (Å²) >= 11 is 14.6. The highest BCUT2D eigenvalue weighted by molar-refractivity contribution is 7.20. The number of hydrogen-bond donors (Lipinski definition) is 0. The molecule has 0 aliphatic rings. The van der Waals surface area contributed by atoms with Crippen LogP contribution < -0.4 is 4.80 Å². The Morgan fingerprint density at radius 1 is 1.27 bits per heavy atom. The molecule has 2 aromatic heterocycles. The minimum absolute atomic E-state index is 0.355. The third kappa shape index (κ3) is 2.86. The van der Waals surface area contributed by atoms with Crippen LogP contribution in [-0.4, -0.2) is 10.5 Å². The van der Waals surface area contributed by atoms with Gasteiger partial charge in [-0.15, -0.1) is 11.3 Å². The number of fused-ring (bicyclic) bond motifs is 1. The molecule has 0 atom stereocenters. The van der Waals surface area contributed by atoms with Crippen molar-refractivity contribution in [2.75, 3.05) is 0 Å². The summed E-state index contributed by atoms with van der Waals surface area (Å²) in [7, 11) is 0. The van der Waals surface area contributed by atoms with E-state index in [4.69, 9.17) is 23.2 Å². The Bertz CT molecular complexity index is 937. The number of carbonyl (C=O) groups is 1. The van der Waals surface area contributed by atoms with Crippen LogP contribution in [0.4, 0.5) is 0 Å². The monoisotopic (exact) mass is 370 g/mol. The molecule has 0 saturated carbocycles. The van der Waals surface area contributed by atoms with E-state index in [1.54, 1.807) is 6.07 Å². The molecule has 1 aromatic carbocycles. The Balaban J connectivity index is 2.16. The lowest BCUT2D eigenvalue weighted by atomic mass is 10.2. The summed E-state index contributed by atoms with van der Waals surface area (Å²) in [6, 6.07) is 7.78. The number of aryl methyl sites for hydroxylation is 2. The molecule has 0 saturated heterocycles. The molecule has 0 unspecified atom stereocenters. The van der Waals surface area contributed by atoms with Gasteiger partial charge in [-0.3, -0.25) is 4.79 Å². The second kappa shape index (κ2) is 6.16. The van der Waals surface area contributed by atoms with Crippen LogP contribution in [0.5, 0.6) is 0 Å². The van der Waals surface area contributed by atoms with Crippen LogP contribution >= 0.6 is 45.9 Å². The fraction of sp³-hybridized carbons (Fsp3) is 0.200. The first-order valence-electron chi connectivity index (χ1n) is 6.63. The zero-order valence-corrected chi connectivity index (χ0v) is 15.0. The zero-order valence-electron chi connectivity index (χ0n) is 11.9. The van der Waals surface area contributed by atoms with Crippen LogP contribution in [0.3, 0.4) is 0 Å². The van der Waals surface area contributed by atoms with E-state index in [2.05, 4.69) is 23.2 Å². The van der Waals surface area contributed by atoms with Crippen LogP contribution in [-0.2, 0) is 6.54 Å². The highest BCUT2D eigenvalue weighted by Gasteiger charge is 2.14. The van der Waals surface area contributed by atoms with Gasteiger partial charge in [0.15, 0.2) is 4.80 Å². The topological polar surface area (TPSA) is 34.4 Å². The second-order valence-corrected chi connectivity index (χ2v) is 8.05. The van der Waals surface area contributed by atoms with Crippen LogP contribution in [0.25, 0.3) is 10.2 Å². The summed E-state index contributed by atoms with van der Waals surface area (Å²) in [5.74, 6) is -0.362. The van der Waals surface area contributed by atoms with E-state index in [1.807, 2.05) is 18.4 Å². The quantitative estimate of drug-likeness (QED) is 0.614. The second-order valence-electron chi connectivity index (χ2n) is 4.75. The van der Waals surface area contributed by atoms with Crippen molar-refractivity contribution in [3.8, 4) is 0 Å². The predicted molar refractivity (Wildman–Crippen MR) is 94.5 cm³/mol. The lowest BCUT2D eigenvalue weighted by Crippen LogP contribution is -2.15. The lowest BCUT2D eigenvalue weighted by molar-refractivity contribution is 0.0998. The normalized spacial score (nSPS) is 12.3. The molecule has 0 spiro atoms.